The van der Waals surface area contributed by atoms with Crippen LogP contribution < -0.4 is 11.1 Å². The maximum Gasteiger partial charge on any atom is 0.416 e. The first-order chi connectivity index (χ1) is 14.6. The van der Waals surface area contributed by atoms with Gasteiger partial charge in [0.05, 0.1) is 5.56 Å². The fourth-order valence-corrected chi connectivity index (χ4v) is 3.65. The fraction of sp³-hybridized carbons (Fsp3) is 0.435. The summed E-state index contributed by atoms with van der Waals surface area (Å²) in [5.74, 6) is 0.390. The second-order valence-corrected chi connectivity index (χ2v) is 8.29. The van der Waals surface area contributed by atoms with Gasteiger partial charge in [-0.25, -0.2) is 4.79 Å². The van der Waals surface area contributed by atoms with Gasteiger partial charge in [0.15, 0.2) is 5.72 Å². The van der Waals surface area contributed by atoms with Gasteiger partial charge in [-0.1, -0.05) is 44.2 Å². The number of likely N-dealkylation sites (tertiary alicyclic amines) is 1. The third kappa shape index (κ3) is 6.85. The van der Waals surface area contributed by atoms with Crippen LogP contribution in [0.1, 0.15) is 49.3 Å². The Morgan fingerprint density at radius 2 is 1.72 bits per heavy atom. The topological polar surface area (TPSA) is 67.6 Å². The van der Waals surface area contributed by atoms with Crippen LogP contribution in [0.3, 0.4) is 0 Å². The molecule has 3 N–H and O–H groups in total. The summed E-state index contributed by atoms with van der Waals surface area (Å²) in [4.78, 5) is 14.2. The van der Waals surface area contributed by atoms with Gasteiger partial charge < -0.3 is 4.74 Å². The molecule has 1 aliphatic heterocycles. The summed E-state index contributed by atoms with van der Waals surface area (Å²) in [5, 5.41) is 2.68. The average Bonchev–Trinajstić information content (AvgIpc) is 2.69. The SMILES string of the molecule is CC(C)c1ccc(NC(=O)OC2(N)CCN(Cc3ccccc3C(F)(F)F)CC2)cc1.Cl. The Labute approximate surface area is 192 Å². The summed E-state index contributed by atoms with van der Waals surface area (Å²) in [5.41, 5.74) is 6.46. The standard InChI is InChI=1S/C23H28F3N3O2.ClH/c1-16(2)17-7-9-19(10-8-17)28-21(30)31-22(27)11-13-29(14-12-22)15-18-5-3-4-6-20(18)23(24,25)26;/h3-10,16H,11-15,27H2,1-2H3,(H,28,30);1H. The van der Waals surface area contributed by atoms with Crippen molar-refractivity contribution >= 4 is 24.2 Å². The van der Waals surface area contributed by atoms with Gasteiger partial charge >= 0.3 is 12.3 Å². The smallest absolute Gasteiger partial charge is 0.416 e. The molecule has 1 aliphatic rings. The molecule has 0 bridgehead atoms. The van der Waals surface area contributed by atoms with E-state index in [1.54, 1.807) is 18.2 Å². The van der Waals surface area contributed by atoms with Crippen molar-refractivity contribution in [3.63, 3.8) is 0 Å². The molecular formula is C23H29ClF3N3O2. The minimum atomic E-state index is -4.39. The van der Waals surface area contributed by atoms with Gasteiger partial charge in [-0.3, -0.25) is 16.0 Å². The van der Waals surface area contributed by atoms with E-state index in [1.165, 1.54) is 12.1 Å². The van der Waals surface area contributed by atoms with Crippen LogP contribution in [0.5, 0.6) is 0 Å². The number of piperidine rings is 1. The Morgan fingerprint density at radius 3 is 2.28 bits per heavy atom. The first kappa shape index (κ1) is 26.0. The molecule has 32 heavy (non-hydrogen) atoms. The Kier molecular flexibility index (Phi) is 8.56. The summed E-state index contributed by atoms with van der Waals surface area (Å²) >= 11 is 0. The van der Waals surface area contributed by atoms with E-state index in [4.69, 9.17) is 10.5 Å². The van der Waals surface area contributed by atoms with Crippen LogP contribution in [0.15, 0.2) is 48.5 Å². The zero-order valence-electron chi connectivity index (χ0n) is 18.1. The average molecular weight is 472 g/mol. The lowest BCUT2D eigenvalue weighted by Gasteiger charge is -2.38. The highest BCUT2D eigenvalue weighted by Crippen LogP contribution is 2.33. The van der Waals surface area contributed by atoms with Crippen LogP contribution in [0.25, 0.3) is 0 Å². The molecule has 0 unspecified atom stereocenters. The van der Waals surface area contributed by atoms with Gasteiger partial charge in [0.2, 0.25) is 0 Å². The Hall–Kier alpha value is -2.29. The van der Waals surface area contributed by atoms with Crippen LogP contribution in [0.4, 0.5) is 23.7 Å². The van der Waals surface area contributed by atoms with E-state index in [-0.39, 0.29) is 24.5 Å². The largest absolute Gasteiger partial charge is 0.428 e. The molecule has 1 amide bonds. The third-order valence-electron chi connectivity index (χ3n) is 5.54. The van der Waals surface area contributed by atoms with Gasteiger partial charge in [-0.15, -0.1) is 12.4 Å². The fourth-order valence-electron chi connectivity index (χ4n) is 3.65. The zero-order chi connectivity index (χ0) is 22.6. The van der Waals surface area contributed by atoms with Gasteiger partial charge in [0, 0.05) is 38.2 Å². The number of ether oxygens (including phenoxy) is 1. The molecule has 5 nitrogen and oxygen atoms in total. The highest BCUT2D eigenvalue weighted by molar-refractivity contribution is 5.85. The number of nitrogens with zero attached hydrogens (tertiary/aromatic N) is 1. The van der Waals surface area contributed by atoms with E-state index in [1.807, 2.05) is 17.0 Å². The van der Waals surface area contributed by atoms with Crippen molar-refractivity contribution in [2.24, 2.45) is 5.73 Å². The highest BCUT2D eigenvalue weighted by atomic mass is 35.5. The number of alkyl halides is 3. The number of anilines is 1. The Morgan fingerprint density at radius 1 is 1.12 bits per heavy atom. The van der Waals surface area contributed by atoms with Crippen LogP contribution in [0.2, 0.25) is 0 Å². The summed E-state index contributed by atoms with van der Waals surface area (Å²) in [6.07, 6.45) is -4.36. The van der Waals surface area contributed by atoms with Gasteiger partial charge in [-0.2, -0.15) is 13.2 Å². The lowest BCUT2D eigenvalue weighted by molar-refractivity contribution is -0.138. The minimum Gasteiger partial charge on any atom is -0.428 e. The molecule has 0 saturated carbocycles. The maximum atomic E-state index is 13.2. The van der Waals surface area contributed by atoms with Crippen molar-refractivity contribution in [1.82, 2.24) is 4.90 Å². The van der Waals surface area contributed by atoms with E-state index in [9.17, 15) is 18.0 Å². The molecule has 2 aromatic rings. The molecular weight excluding hydrogens is 443 g/mol. The molecule has 3 rings (SSSR count). The molecule has 0 aliphatic carbocycles. The lowest BCUT2D eigenvalue weighted by Crippen LogP contribution is -2.53. The number of hydrogen-bond acceptors (Lipinski definition) is 4. The molecule has 0 aromatic heterocycles. The number of rotatable bonds is 5. The number of halogens is 4. The van der Waals surface area contributed by atoms with Crippen molar-refractivity contribution in [2.45, 2.75) is 51.1 Å². The second kappa shape index (κ2) is 10.6. The van der Waals surface area contributed by atoms with Crippen molar-refractivity contribution < 1.29 is 22.7 Å². The number of amides is 1. The van der Waals surface area contributed by atoms with E-state index in [0.717, 1.165) is 11.6 Å². The minimum absolute atomic E-state index is 0. The highest BCUT2D eigenvalue weighted by Gasteiger charge is 2.36. The molecule has 176 valence electrons. The predicted molar refractivity (Wildman–Crippen MR) is 121 cm³/mol. The zero-order valence-corrected chi connectivity index (χ0v) is 18.9. The molecule has 1 fully saturated rings. The molecule has 0 spiro atoms. The first-order valence-electron chi connectivity index (χ1n) is 10.3. The van der Waals surface area contributed by atoms with E-state index < -0.39 is 23.6 Å². The van der Waals surface area contributed by atoms with Crippen molar-refractivity contribution in [2.75, 3.05) is 18.4 Å². The van der Waals surface area contributed by atoms with E-state index in [0.29, 0.717) is 37.5 Å². The maximum absolute atomic E-state index is 13.2. The molecule has 2 aromatic carbocycles. The number of carbonyl (C=O) groups is 1. The molecule has 1 saturated heterocycles. The monoisotopic (exact) mass is 471 g/mol. The lowest BCUT2D eigenvalue weighted by atomic mass is 9.99. The number of hydrogen-bond donors (Lipinski definition) is 2. The van der Waals surface area contributed by atoms with Gasteiger partial charge in [-0.05, 0) is 35.2 Å². The molecule has 1 heterocycles. The Balaban J connectivity index is 0.00000363. The predicted octanol–water partition coefficient (Wildman–Crippen LogP) is 5.75. The van der Waals surface area contributed by atoms with Crippen LogP contribution >= 0.6 is 12.4 Å². The molecule has 0 atom stereocenters. The Bertz CT molecular complexity index is 896. The third-order valence-corrected chi connectivity index (χ3v) is 5.54. The molecule has 0 radical (unpaired) electrons. The summed E-state index contributed by atoms with van der Waals surface area (Å²) in [6.45, 7) is 5.20. The summed E-state index contributed by atoms with van der Waals surface area (Å²) < 4.78 is 45.1. The quantitative estimate of drug-likeness (QED) is 0.545. The van der Waals surface area contributed by atoms with Crippen LogP contribution in [0, 0.1) is 0 Å². The number of nitrogens with one attached hydrogen (secondary N) is 1. The second-order valence-electron chi connectivity index (χ2n) is 8.29. The van der Waals surface area contributed by atoms with Crippen molar-refractivity contribution in [3.8, 4) is 0 Å². The summed E-state index contributed by atoms with van der Waals surface area (Å²) in [6, 6.07) is 13.1. The van der Waals surface area contributed by atoms with Crippen molar-refractivity contribution in [3.05, 3.63) is 65.2 Å². The van der Waals surface area contributed by atoms with Gasteiger partial charge in [0.25, 0.3) is 0 Å². The van der Waals surface area contributed by atoms with Crippen LogP contribution in [-0.2, 0) is 17.5 Å². The number of carbonyl (C=O) groups excluding carboxylic acids is 1. The van der Waals surface area contributed by atoms with E-state index >= 15 is 0 Å². The normalized spacial score (nSPS) is 16.3. The van der Waals surface area contributed by atoms with Crippen molar-refractivity contribution in [1.29, 1.82) is 0 Å². The molecule has 9 heteroatoms. The van der Waals surface area contributed by atoms with Gasteiger partial charge in [0.1, 0.15) is 0 Å². The summed E-state index contributed by atoms with van der Waals surface area (Å²) in [7, 11) is 0. The van der Waals surface area contributed by atoms with E-state index in [2.05, 4.69) is 19.2 Å². The van der Waals surface area contributed by atoms with Crippen LogP contribution in [-0.4, -0.2) is 29.8 Å². The first-order valence-corrected chi connectivity index (χ1v) is 10.3. The number of benzene rings is 2. The number of nitrogens with two attached hydrogens (primary N) is 1.